The lowest BCUT2D eigenvalue weighted by Crippen LogP contribution is -2.46. The Morgan fingerprint density at radius 3 is 2.29 bits per heavy atom. The summed E-state index contributed by atoms with van der Waals surface area (Å²) in [6.07, 6.45) is 6.06. The van der Waals surface area contributed by atoms with Crippen molar-refractivity contribution in [3.8, 4) is 17.0 Å². The van der Waals surface area contributed by atoms with Crippen LogP contribution in [0.25, 0.3) is 11.3 Å². The Bertz CT molecular complexity index is 1210. The van der Waals surface area contributed by atoms with E-state index in [4.69, 9.17) is 4.74 Å². The first-order valence-corrected chi connectivity index (χ1v) is 13.0. The summed E-state index contributed by atoms with van der Waals surface area (Å²) in [7, 11) is -1.17. The maximum absolute atomic E-state index is 12.4. The second-order valence-electron chi connectivity index (χ2n) is 8.50. The number of piperidine rings is 1. The molecule has 0 spiro atoms. The lowest BCUT2D eigenvalue weighted by atomic mass is 10.0. The summed E-state index contributed by atoms with van der Waals surface area (Å²) >= 11 is 0. The van der Waals surface area contributed by atoms with E-state index < -0.39 is 9.84 Å². The van der Waals surface area contributed by atoms with Crippen molar-refractivity contribution >= 4 is 15.9 Å². The third kappa shape index (κ3) is 5.98. The highest BCUT2D eigenvalue weighted by atomic mass is 32.2. The molecule has 0 saturated carbocycles. The van der Waals surface area contributed by atoms with Gasteiger partial charge in [0.25, 0.3) is 0 Å². The van der Waals surface area contributed by atoms with Crippen LogP contribution < -0.4 is 4.74 Å². The molecule has 0 aliphatic carbocycles. The van der Waals surface area contributed by atoms with Gasteiger partial charge in [-0.05, 0) is 44.2 Å². The van der Waals surface area contributed by atoms with E-state index in [0.29, 0.717) is 37.1 Å². The van der Waals surface area contributed by atoms with Crippen molar-refractivity contribution in [3.63, 3.8) is 0 Å². The molecule has 34 heavy (non-hydrogen) atoms. The van der Waals surface area contributed by atoms with Crippen molar-refractivity contribution in [2.45, 2.75) is 30.3 Å². The largest absolute Gasteiger partial charge is 0.415 e. The molecule has 1 fully saturated rings. The third-order valence-corrected chi connectivity index (χ3v) is 7.12. The molecule has 0 bridgehead atoms. The van der Waals surface area contributed by atoms with Gasteiger partial charge in [-0.2, -0.15) is 0 Å². The molecule has 1 amide bonds. The molecular formula is C25H28N4O4S. The predicted molar refractivity (Wildman–Crippen MR) is 129 cm³/mol. The maximum Gasteiger partial charge on any atom is 0.415 e. The van der Waals surface area contributed by atoms with Crippen LogP contribution in [0.3, 0.4) is 0 Å². The molecule has 0 N–H and O–H groups in total. The van der Waals surface area contributed by atoms with Gasteiger partial charge in [-0.3, -0.25) is 14.9 Å². The van der Waals surface area contributed by atoms with Crippen molar-refractivity contribution in [2.24, 2.45) is 0 Å². The fourth-order valence-electron chi connectivity index (χ4n) is 3.99. The van der Waals surface area contributed by atoms with Crippen molar-refractivity contribution in [1.82, 2.24) is 19.8 Å². The molecule has 1 aliphatic rings. The molecule has 1 aromatic heterocycles. The summed E-state index contributed by atoms with van der Waals surface area (Å²) in [5.41, 5.74) is 2.36. The first kappa shape index (κ1) is 23.8. The zero-order valence-electron chi connectivity index (χ0n) is 19.3. The summed E-state index contributed by atoms with van der Waals surface area (Å²) in [6, 6.07) is 16.1. The Balaban J connectivity index is 1.29. The van der Waals surface area contributed by atoms with Gasteiger partial charge in [0.2, 0.25) is 0 Å². The normalized spacial score (nSPS) is 14.9. The number of carbonyl (C=O) groups is 1. The molecule has 4 rings (SSSR count). The van der Waals surface area contributed by atoms with E-state index in [1.807, 2.05) is 18.2 Å². The van der Waals surface area contributed by atoms with E-state index in [0.717, 1.165) is 24.1 Å². The number of amides is 1. The van der Waals surface area contributed by atoms with Crippen LogP contribution in [0.5, 0.6) is 5.75 Å². The molecular weight excluding hydrogens is 452 g/mol. The summed E-state index contributed by atoms with van der Waals surface area (Å²) in [4.78, 5) is 25.7. The van der Waals surface area contributed by atoms with Crippen LogP contribution in [-0.2, 0) is 16.4 Å². The highest BCUT2D eigenvalue weighted by Gasteiger charge is 2.26. The number of likely N-dealkylation sites (tertiary alicyclic amines) is 1. The average Bonchev–Trinajstić information content (AvgIpc) is 2.85. The fraction of sp³-hybridized carbons (Fsp3) is 0.320. The van der Waals surface area contributed by atoms with Gasteiger partial charge in [-0.25, -0.2) is 13.2 Å². The molecule has 2 aromatic carbocycles. The average molecular weight is 481 g/mol. The van der Waals surface area contributed by atoms with Crippen LogP contribution in [0.2, 0.25) is 0 Å². The number of rotatable bonds is 6. The quantitative estimate of drug-likeness (QED) is 0.532. The first-order chi connectivity index (χ1) is 16.3. The summed E-state index contributed by atoms with van der Waals surface area (Å²) in [5.74, 6) is 0.556. The van der Waals surface area contributed by atoms with Crippen molar-refractivity contribution in [3.05, 3.63) is 72.7 Å². The minimum atomic E-state index is -3.23. The van der Waals surface area contributed by atoms with E-state index >= 15 is 0 Å². The predicted octanol–water partition coefficient (Wildman–Crippen LogP) is 3.64. The van der Waals surface area contributed by atoms with Crippen LogP contribution in [0.15, 0.2) is 71.9 Å². The highest BCUT2D eigenvalue weighted by molar-refractivity contribution is 7.90. The van der Waals surface area contributed by atoms with Crippen LogP contribution in [0, 0.1) is 0 Å². The van der Waals surface area contributed by atoms with Crippen LogP contribution in [0.1, 0.15) is 18.5 Å². The minimum absolute atomic E-state index is 0.279. The SMILES string of the molecule is CN(Cc1cnc(-c2ccc(S(C)(=O)=O)cc2)cn1)C1CCN(C(=O)Oc2ccccc2)CC1. The van der Waals surface area contributed by atoms with Crippen LogP contribution in [0.4, 0.5) is 4.79 Å². The number of benzene rings is 2. The Hall–Kier alpha value is -3.30. The molecule has 0 unspecified atom stereocenters. The summed E-state index contributed by atoms with van der Waals surface area (Å²) < 4.78 is 28.7. The lowest BCUT2D eigenvalue weighted by molar-refractivity contribution is 0.107. The Kier molecular flexibility index (Phi) is 7.23. The Morgan fingerprint density at radius 1 is 1.03 bits per heavy atom. The monoisotopic (exact) mass is 480 g/mol. The number of ether oxygens (including phenoxy) is 1. The maximum atomic E-state index is 12.4. The van der Waals surface area contributed by atoms with Gasteiger partial charge in [0.05, 0.1) is 28.7 Å². The van der Waals surface area contributed by atoms with Gasteiger partial charge in [0, 0.05) is 37.5 Å². The van der Waals surface area contributed by atoms with E-state index in [9.17, 15) is 13.2 Å². The number of hydrogen-bond acceptors (Lipinski definition) is 7. The molecule has 9 heteroatoms. The number of nitrogens with zero attached hydrogens (tertiary/aromatic N) is 4. The van der Waals surface area contributed by atoms with Gasteiger partial charge >= 0.3 is 6.09 Å². The second-order valence-corrected chi connectivity index (χ2v) is 10.5. The molecule has 0 radical (unpaired) electrons. The number of aromatic nitrogens is 2. The number of para-hydroxylation sites is 1. The zero-order valence-corrected chi connectivity index (χ0v) is 20.1. The zero-order chi connectivity index (χ0) is 24.1. The van der Waals surface area contributed by atoms with Gasteiger partial charge < -0.3 is 9.64 Å². The molecule has 2 heterocycles. The highest BCUT2D eigenvalue weighted by Crippen LogP contribution is 2.21. The number of carbonyl (C=O) groups excluding carboxylic acids is 1. The van der Waals surface area contributed by atoms with E-state index in [-0.39, 0.29) is 11.0 Å². The van der Waals surface area contributed by atoms with Crippen molar-refractivity contribution in [2.75, 3.05) is 26.4 Å². The summed E-state index contributed by atoms with van der Waals surface area (Å²) in [6.45, 7) is 1.95. The molecule has 3 aromatic rings. The van der Waals surface area contributed by atoms with Crippen molar-refractivity contribution < 1.29 is 17.9 Å². The fourth-order valence-corrected chi connectivity index (χ4v) is 4.62. The topological polar surface area (TPSA) is 92.7 Å². The smallest absolute Gasteiger partial charge is 0.410 e. The van der Waals surface area contributed by atoms with Crippen molar-refractivity contribution in [1.29, 1.82) is 0 Å². The van der Waals surface area contributed by atoms with E-state index in [1.165, 1.54) is 6.26 Å². The first-order valence-electron chi connectivity index (χ1n) is 11.1. The second kappa shape index (κ2) is 10.3. The van der Waals surface area contributed by atoms with Gasteiger partial charge in [0.1, 0.15) is 5.75 Å². The van der Waals surface area contributed by atoms with E-state index in [1.54, 1.807) is 53.7 Å². The lowest BCUT2D eigenvalue weighted by Gasteiger charge is -2.36. The van der Waals surface area contributed by atoms with E-state index in [2.05, 4.69) is 21.9 Å². The molecule has 8 nitrogen and oxygen atoms in total. The molecule has 0 atom stereocenters. The Morgan fingerprint density at radius 2 is 1.71 bits per heavy atom. The van der Waals surface area contributed by atoms with Gasteiger partial charge in [0.15, 0.2) is 9.84 Å². The molecule has 178 valence electrons. The number of sulfone groups is 1. The van der Waals surface area contributed by atoms with Gasteiger partial charge in [-0.15, -0.1) is 0 Å². The summed E-state index contributed by atoms with van der Waals surface area (Å²) in [5, 5.41) is 0. The standard InChI is InChI=1S/C25H28N4O4S/c1-28(21-12-14-29(15-13-21)25(30)33-22-6-4-3-5-7-22)18-20-16-27-24(17-26-20)19-8-10-23(11-9-19)34(2,31)32/h3-11,16-17,21H,12-15,18H2,1-2H3. The molecule has 1 aliphatic heterocycles. The van der Waals surface area contributed by atoms with Crippen LogP contribution >= 0.6 is 0 Å². The molecule has 1 saturated heterocycles. The third-order valence-electron chi connectivity index (χ3n) is 5.99. The van der Waals surface area contributed by atoms with Crippen LogP contribution in [-0.4, -0.2) is 66.7 Å². The minimum Gasteiger partial charge on any atom is -0.410 e. The van der Waals surface area contributed by atoms with Gasteiger partial charge in [-0.1, -0.05) is 30.3 Å². The number of hydrogen-bond donors (Lipinski definition) is 0. The Labute approximate surface area is 200 Å².